The Morgan fingerprint density at radius 1 is 1.27 bits per heavy atom. The van der Waals surface area contributed by atoms with Gasteiger partial charge in [-0.3, -0.25) is 0 Å². The summed E-state index contributed by atoms with van der Waals surface area (Å²) in [6, 6.07) is 7.66. The van der Waals surface area contributed by atoms with Crippen LogP contribution < -0.4 is 4.74 Å². The van der Waals surface area contributed by atoms with Crippen LogP contribution in [0.2, 0.25) is 0 Å². The van der Waals surface area contributed by atoms with Crippen molar-refractivity contribution in [2.75, 3.05) is 7.11 Å². The molecule has 0 atom stereocenters. The molecule has 6 nitrogen and oxygen atoms in total. The van der Waals surface area contributed by atoms with E-state index in [2.05, 4.69) is 10.3 Å². The molecule has 0 unspecified atom stereocenters. The van der Waals surface area contributed by atoms with Gasteiger partial charge in [-0.15, -0.1) is 5.10 Å². The van der Waals surface area contributed by atoms with Gasteiger partial charge in [0.15, 0.2) is 0 Å². The lowest BCUT2D eigenvalue weighted by Gasteiger charge is -2.32. The van der Waals surface area contributed by atoms with Crippen LogP contribution in [0.5, 0.6) is 5.75 Å². The maximum absolute atomic E-state index is 14.5. The second-order valence-electron chi connectivity index (χ2n) is 7.31. The van der Waals surface area contributed by atoms with Crippen molar-refractivity contribution in [2.45, 2.75) is 45.4 Å². The lowest BCUT2D eigenvalue weighted by Crippen LogP contribution is -2.41. The van der Waals surface area contributed by atoms with Crippen LogP contribution in [-0.4, -0.2) is 40.4 Å². The summed E-state index contributed by atoms with van der Waals surface area (Å²) in [5, 5.41) is 8.03. The number of nitrogens with zero attached hydrogens (tertiary/aromatic N) is 3. The molecule has 0 aliphatic carbocycles. The van der Waals surface area contributed by atoms with E-state index in [1.54, 1.807) is 18.0 Å². The number of methoxy groups -OCH3 is 1. The van der Waals surface area contributed by atoms with Gasteiger partial charge in [-0.2, -0.15) is 0 Å². The quantitative estimate of drug-likeness (QED) is 0.767. The summed E-state index contributed by atoms with van der Waals surface area (Å²) in [5.74, 6) is 0.773. The van der Waals surface area contributed by atoms with Crippen LogP contribution in [0.1, 0.15) is 39.0 Å². The van der Waals surface area contributed by atoms with Gasteiger partial charge in [-0.05, 0) is 51.5 Å². The SMILES string of the molecule is COc1cccc(Cn2cc(C=C(F)B3OC(C)(C)C(C)(C)O3)nn2)c1. The number of hydrogen-bond acceptors (Lipinski definition) is 5. The third-order valence-corrected chi connectivity index (χ3v) is 4.80. The molecule has 138 valence electrons. The van der Waals surface area contributed by atoms with Crippen molar-refractivity contribution in [3.63, 3.8) is 0 Å². The molecule has 1 aromatic heterocycles. The Labute approximate surface area is 153 Å². The zero-order valence-electron chi connectivity index (χ0n) is 15.7. The Morgan fingerprint density at radius 2 is 1.96 bits per heavy atom. The van der Waals surface area contributed by atoms with E-state index in [0.29, 0.717) is 12.2 Å². The van der Waals surface area contributed by atoms with Crippen molar-refractivity contribution in [1.29, 1.82) is 0 Å². The first-order valence-corrected chi connectivity index (χ1v) is 8.46. The lowest BCUT2D eigenvalue weighted by molar-refractivity contribution is 0.00578. The zero-order chi connectivity index (χ0) is 18.9. The molecule has 1 aromatic carbocycles. The Kier molecular flexibility index (Phi) is 4.90. The maximum atomic E-state index is 14.5. The third kappa shape index (κ3) is 3.81. The number of halogens is 1. The smallest absolute Gasteiger partial charge is 0.497 e. The van der Waals surface area contributed by atoms with Gasteiger partial charge in [0.25, 0.3) is 0 Å². The van der Waals surface area contributed by atoms with Crippen LogP contribution in [0.4, 0.5) is 4.39 Å². The molecule has 0 N–H and O–H groups in total. The molecule has 1 aliphatic heterocycles. The lowest BCUT2D eigenvalue weighted by atomic mass is 9.87. The molecule has 1 fully saturated rings. The molecule has 0 amide bonds. The van der Waals surface area contributed by atoms with Crippen LogP contribution in [0, 0.1) is 0 Å². The van der Waals surface area contributed by atoms with Crippen molar-refractivity contribution < 1.29 is 18.4 Å². The molecule has 8 heteroatoms. The summed E-state index contributed by atoms with van der Waals surface area (Å²) >= 11 is 0. The first-order chi connectivity index (χ1) is 12.2. The molecule has 2 heterocycles. The van der Waals surface area contributed by atoms with Crippen molar-refractivity contribution in [3.8, 4) is 5.75 Å². The van der Waals surface area contributed by atoms with Crippen molar-refractivity contribution in [3.05, 3.63) is 47.4 Å². The molecule has 0 saturated carbocycles. The van der Waals surface area contributed by atoms with Crippen LogP contribution in [-0.2, 0) is 15.9 Å². The fraction of sp³-hybridized carbons (Fsp3) is 0.444. The van der Waals surface area contributed by atoms with Gasteiger partial charge < -0.3 is 14.0 Å². The molecule has 26 heavy (non-hydrogen) atoms. The van der Waals surface area contributed by atoms with E-state index in [0.717, 1.165) is 11.3 Å². The van der Waals surface area contributed by atoms with E-state index in [1.165, 1.54) is 6.08 Å². The second kappa shape index (κ2) is 6.85. The van der Waals surface area contributed by atoms with E-state index in [1.807, 2.05) is 52.0 Å². The van der Waals surface area contributed by atoms with E-state index in [9.17, 15) is 4.39 Å². The predicted molar refractivity (Wildman–Crippen MR) is 97.3 cm³/mol. The minimum Gasteiger partial charge on any atom is -0.497 e. The molecular weight excluding hydrogens is 336 g/mol. The Morgan fingerprint density at radius 3 is 2.62 bits per heavy atom. The zero-order valence-corrected chi connectivity index (χ0v) is 15.7. The number of hydrogen-bond donors (Lipinski definition) is 0. The number of ether oxygens (including phenoxy) is 1. The van der Waals surface area contributed by atoms with Crippen molar-refractivity contribution in [2.24, 2.45) is 0 Å². The van der Waals surface area contributed by atoms with Gasteiger partial charge in [-0.1, -0.05) is 17.3 Å². The maximum Gasteiger partial charge on any atom is 0.525 e. The molecular formula is C18H23BFN3O3. The van der Waals surface area contributed by atoms with Gasteiger partial charge in [0.05, 0.1) is 31.1 Å². The molecule has 3 rings (SSSR count). The van der Waals surface area contributed by atoms with Gasteiger partial charge in [0, 0.05) is 0 Å². The minimum absolute atomic E-state index is 0.403. The highest BCUT2D eigenvalue weighted by Gasteiger charge is 2.53. The topological polar surface area (TPSA) is 58.4 Å². The van der Waals surface area contributed by atoms with Crippen LogP contribution in [0.25, 0.3) is 6.08 Å². The molecule has 0 bridgehead atoms. The highest BCUT2D eigenvalue weighted by atomic mass is 19.1. The van der Waals surface area contributed by atoms with Gasteiger partial charge in [-0.25, -0.2) is 9.07 Å². The first-order valence-electron chi connectivity index (χ1n) is 8.46. The molecule has 0 radical (unpaired) electrons. The summed E-state index contributed by atoms with van der Waals surface area (Å²) in [6.45, 7) is 8.03. The summed E-state index contributed by atoms with van der Waals surface area (Å²) in [4.78, 5) is 0. The van der Waals surface area contributed by atoms with Gasteiger partial charge in [0.1, 0.15) is 17.2 Å². The van der Waals surface area contributed by atoms with Crippen LogP contribution in [0.3, 0.4) is 0 Å². The Hall–Kier alpha value is -2.19. The highest BCUT2D eigenvalue weighted by Crippen LogP contribution is 2.38. The first kappa shape index (κ1) is 18.6. The second-order valence-corrected chi connectivity index (χ2v) is 7.31. The fourth-order valence-electron chi connectivity index (χ4n) is 2.58. The number of aromatic nitrogens is 3. The van der Waals surface area contributed by atoms with E-state index in [4.69, 9.17) is 14.0 Å². The largest absolute Gasteiger partial charge is 0.525 e. The summed E-state index contributed by atoms with van der Waals surface area (Å²) in [7, 11) is 0.583. The third-order valence-electron chi connectivity index (χ3n) is 4.80. The molecule has 0 spiro atoms. The van der Waals surface area contributed by atoms with E-state index < -0.39 is 24.0 Å². The van der Waals surface area contributed by atoms with Gasteiger partial charge >= 0.3 is 7.12 Å². The van der Waals surface area contributed by atoms with Gasteiger partial charge in [0.2, 0.25) is 0 Å². The Bertz CT molecular complexity index is 804. The fourth-order valence-corrected chi connectivity index (χ4v) is 2.58. The van der Waals surface area contributed by atoms with Crippen molar-refractivity contribution >= 4 is 13.2 Å². The normalized spacial score (nSPS) is 19.0. The summed E-state index contributed by atoms with van der Waals surface area (Å²) in [6.07, 6.45) is 2.96. The number of rotatable bonds is 5. The molecule has 2 aromatic rings. The molecule has 1 aliphatic rings. The summed E-state index contributed by atoms with van der Waals surface area (Å²) < 4.78 is 32.8. The monoisotopic (exact) mass is 359 g/mol. The molecule has 1 saturated heterocycles. The van der Waals surface area contributed by atoms with E-state index >= 15 is 0 Å². The van der Waals surface area contributed by atoms with E-state index in [-0.39, 0.29) is 0 Å². The van der Waals surface area contributed by atoms with Crippen LogP contribution in [0.15, 0.2) is 36.2 Å². The Balaban J connectivity index is 1.70. The average Bonchev–Trinajstić information content (AvgIpc) is 3.09. The number of benzene rings is 1. The standard InChI is InChI=1S/C18H23BFN3O3/c1-17(2)18(3,4)26-19(25-17)16(20)10-14-12-23(22-21-14)11-13-7-6-8-15(9-13)24-5/h6-10,12H,11H2,1-5H3. The van der Waals surface area contributed by atoms with Crippen molar-refractivity contribution in [1.82, 2.24) is 15.0 Å². The summed E-state index contributed by atoms with van der Waals surface area (Å²) in [5.41, 5.74) is -0.298. The predicted octanol–water partition coefficient (Wildman–Crippen LogP) is 3.28. The van der Waals surface area contributed by atoms with Crippen LogP contribution >= 0.6 is 0 Å². The highest BCUT2D eigenvalue weighted by molar-refractivity contribution is 6.54. The minimum atomic E-state index is -1.04. The average molecular weight is 359 g/mol.